The summed E-state index contributed by atoms with van der Waals surface area (Å²) in [5.74, 6) is 0.00554. The molecule has 21 heavy (non-hydrogen) atoms. The molecule has 2 N–H and O–H groups in total. The minimum absolute atomic E-state index is 0.0861. The molecule has 1 aromatic rings. The van der Waals surface area contributed by atoms with E-state index in [1.807, 2.05) is 0 Å². The zero-order valence-corrected chi connectivity index (χ0v) is 11.6. The number of nitrogens with one attached hydrogen (secondary N) is 2. The second-order valence-corrected chi connectivity index (χ2v) is 4.79. The van der Waals surface area contributed by atoms with E-state index in [4.69, 9.17) is 0 Å². The first kappa shape index (κ1) is 15.4. The van der Waals surface area contributed by atoms with Gasteiger partial charge in [-0.15, -0.1) is 0 Å². The summed E-state index contributed by atoms with van der Waals surface area (Å²) in [6.07, 6.45) is 3.25. The highest BCUT2D eigenvalue weighted by Gasteiger charge is 2.08. The normalized spacial score (nSPS) is 14.7. The molecular weight excluding hydrogens is 278 g/mol. The monoisotopic (exact) mass is 296 g/mol. The lowest BCUT2D eigenvalue weighted by atomic mass is 10.1. The van der Waals surface area contributed by atoms with Crippen LogP contribution in [0.3, 0.4) is 0 Å². The zero-order valence-electron chi connectivity index (χ0n) is 11.6. The minimum Gasteiger partial charge on any atom is -0.435 e. The molecule has 1 heterocycles. The molecule has 1 aromatic carbocycles. The molecule has 0 atom stereocenters. The third kappa shape index (κ3) is 5.51. The number of alkyl halides is 2. The Morgan fingerprint density at radius 3 is 2.71 bits per heavy atom. The molecule has 0 saturated heterocycles. The van der Waals surface area contributed by atoms with Crippen molar-refractivity contribution < 1.29 is 18.3 Å². The quantitative estimate of drug-likeness (QED) is 0.788. The topological polar surface area (TPSA) is 50.4 Å². The SMILES string of the molecule is O=C(Cc1ccc(OC(F)F)cc1)NCC1=CCNCC1. The van der Waals surface area contributed by atoms with E-state index in [9.17, 15) is 13.6 Å². The van der Waals surface area contributed by atoms with Gasteiger partial charge in [0.1, 0.15) is 5.75 Å². The van der Waals surface area contributed by atoms with E-state index in [1.54, 1.807) is 12.1 Å². The smallest absolute Gasteiger partial charge is 0.387 e. The van der Waals surface area contributed by atoms with Crippen molar-refractivity contribution in [3.8, 4) is 5.75 Å². The predicted octanol–water partition coefficient (Wildman–Crippen LogP) is 1.87. The van der Waals surface area contributed by atoms with Crippen LogP contribution in [0, 0.1) is 0 Å². The number of halogens is 2. The summed E-state index contributed by atoms with van der Waals surface area (Å²) in [5, 5.41) is 6.07. The van der Waals surface area contributed by atoms with Gasteiger partial charge in [0, 0.05) is 13.1 Å². The molecule has 1 aliphatic heterocycles. The van der Waals surface area contributed by atoms with Crippen molar-refractivity contribution >= 4 is 5.91 Å². The van der Waals surface area contributed by atoms with Crippen molar-refractivity contribution in [2.24, 2.45) is 0 Å². The van der Waals surface area contributed by atoms with Crippen LogP contribution in [0.2, 0.25) is 0 Å². The fourth-order valence-electron chi connectivity index (χ4n) is 2.08. The molecule has 2 rings (SSSR count). The Morgan fingerprint density at radius 1 is 1.33 bits per heavy atom. The molecule has 0 radical (unpaired) electrons. The van der Waals surface area contributed by atoms with Gasteiger partial charge in [0.2, 0.25) is 5.91 Å². The summed E-state index contributed by atoms with van der Waals surface area (Å²) in [6.45, 7) is -0.491. The summed E-state index contributed by atoms with van der Waals surface area (Å²) < 4.78 is 28.3. The Kier molecular flexibility index (Phi) is 5.68. The molecule has 1 amide bonds. The molecule has 0 fully saturated rings. The van der Waals surface area contributed by atoms with Crippen molar-refractivity contribution in [3.05, 3.63) is 41.5 Å². The molecule has 0 bridgehead atoms. The van der Waals surface area contributed by atoms with E-state index >= 15 is 0 Å². The van der Waals surface area contributed by atoms with Gasteiger partial charge in [-0.2, -0.15) is 8.78 Å². The van der Waals surface area contributed by atoms with Gasteiger partial charge in [0.05, 0.1) is 6.42 Å². The van der Waals surface area contributed by atoms with E-state index in [-0.39, 0.29) is 18.1 Å². The second kappa shape index (κ2) is 7.73. The zero-order chi connectivity index (χ0) is 15.1. The average Bonchev–Trinajstić information content (AvgIpc) is 2.48. The highest BCUT2D eigenvalue weighted by molar-refractivity contribution is 5.78. The van der Waals surface area contributed by atoms with Gasteiger partial charge < -0.3 is 15.4 Å². The number of hydrogen-bond donors (Lipinski definition) is 2. The van der Waals surface area contributed by atoms with Crippen LogP contribution in [0.4, 0.5) is 8.78 Å². The number of carbonyl (C=O) groups is 1. The first-order chi connectivity index (χ1) is 10.1. The average molecular weight is 296 g/mol. The Labute approximate surface area is 122 Å². The molecule has 1 aliphatic rings. The minimum atomic E-state index is -2.84. The number of amides is 1. The fourth-order valence-corrected chi connectivity index (χ4v) is 2.08. The molecule has 6 heteroatoms. The van der Waals surface area contributed by atoms with E-state index in [1.165, 1.54) is 17.7 Å². The van der Waals surface area contributed by atoms with Crippen molar-refractivity contribution in [3.63, 3.8) is 0 Å². The first-order valence-corrected chi connectivity index (χ1v) is 6.82. The van der Waals surface area contributed by atoms with E-state index < -0.39 is 6.61 Å². The van der Waals surface area contributed by atoms with Crippen LogP contribution in [0.5, 0.6) is 5.75 Å². The van der Waals surface area contributed by atoms with Crippen molar-refractivity contribution in [2.75, 3.05) is 19.6 Å². The van der Waals surface area contributed by atoms with Gasteiger partial charge >= 0.3 is 6.61 Å². The summed E-state index contributed by atoms with van der Waals surface area (Å²) in [6, 6.07) is 6.09. The number of benzene rings is 1. The number of ether oxygens (including phenoxy) is 1. The van der Waals surface area contributed by atoms with Crippen LogP contribution < -0.4 is 15.4 Å². The third-order valence-corrected chi connectivity index (χ3v) is 3.18. The summed E-state index contributed by atoms with van der Waals surface area (Å²) in [7, 11) is 0. The molecular formula is C15H18F2N2O2. The number of rotatable bonds is 6. The maximum atomic E-state index is 12.0. The molecule has 0 spiro atoms. The van der Waals surface area contributed by atoms with Gasteiger partial charge in [-0.1, -0.05) is 23.8 Å². The van der Waals surface area contributed by atoms with Gasteiger partial charge in [-0.05, 0) is 30.7 Å². The molecule has 0 aliphatic carbocycles. The predicted molar refractivity (Wildman–Crippen MR) is 75.4 cm³/mol. The highest BCUT2D eigenvalue weighted by Crippen LogP contribution is 2.15. The standard InChI is InChI=1S/C15H18F2N2O2/c16-15(17)21-13-3-1-11(2-4-13)9-14(20)19-10-12-5-7-18-8-6-12/h1-5,15,18H,6-10H2,(H,19,20). The Balaban J connectivity index is 1.78. The van der Waals surface area contributed by atoms with Gasteiger partial charge in [0.25, 0.3) is 0 Å². The van der Waals surface area contributed by atoms with Crippen molar-refractivity contribution in [1.82, 2.24) is 10.6 Å². The van der Waals surface area contributed by atoms with Crippen molar-refractivity contribution in [1.29, 1.82) is 0 Å². The lowest BCUT2D eigenvalue weighted by Gasteiger charge is -2.14. The number of hydrogen-bond acceptors (Lipinski definition) is 3. The van der Waals surface area contributed by atoms with Gasteiger partial charge in [-0.25, -0.2) is 0 Å². The van der Waals surface area contributed by atoms with E-state index in [0.717, 1.165) is 25.1 Å². The maximum absolute atomic E-state index is 12.0. The Morgan fingerprint density at radius 2 is 2.10 bits per heavy atom. The summed E-state index contributed by atoms with van der Waals surface area (Å²) in [4.78, 5) is 11.8. The largest absolute Gasteiger partial charge is 0.435 e. The summed E-state index contributed by atoms with van der Waals surface area (Å²) in [5.41, 5.74) is 1.98. The lowest BCUT2D eigenvalue weighted by Crippen LogP contribution is -2.30. The van der Waals surface area contributed by atoms with E-state index in [2.05, 4.69) is 21.4 Å². The fraction of sp³-hybridized carbons (Fsp3) is 0.400. The van der Waals surface area contributed by atoms with Crippen molar-refractivity contribution in [2.45, 2.75) is 19.5 Å². The van der Waals surface area contributed by atoms with Crippen LogP contribution in [-0.4, -0.2) is 32.2 Å². The third-order valence-electron chi connectivity index (χ3n) is 3.18. The highest BCUT2D eigenvalue weighted by atomic mass is 19.3. The molecule has 114 valence electrons. The van der Waals surface area contributed by atoms with Gasteiger partial charge in [-0.3, -0.25) is 4.79 Å². The van der Waals surface area contributed by atoms with Crippen LogP contribution in [0.1, 0.15) is 12.0 Å². The van der Waals surface area contributed by atoms with Crippen LogP contribution >= 0.6 is 0 Å². The Hall–Kier alpha value is -1.95. The molecule has 0 saturated carbocycles. The second-order valence-electron chi connectivity index (χ2n) is 4.79. The molecule has 4 nitrogen and oxygen atoms in total. The summed E-state index contributed by atoms with van der Waals surface area (Å²) >= 11 is 0. The van der Waals surface area contributed by atoms with Crippen LogP contribution in [-0.2, 0) is 11.2 Å². The van der Waals surface area contributed by atoms with Crippen LogP contribution in [0.25, 0.3) is 0 Å². The maximum Gasteiger partial charge on any atom is 0.387 e. The number of carbonyl (C=O) groups excluding carboxylic acids is 1. The van der Waals surface area contributed by atoms with E-state index in [0.29, 0.717) is 6.54 Å². The first-order valence-electron chi connectivity index (χ1n) is 6.82. The molecule has 0 aromatic heterocycles. The van der Waals surface area contributed by atoms with Gasteiger partial charge in [0.15, 0.2) is 0 Å². The van der Waals surface area contributed by atoms with Crippen LogP contribution in [0.15, 0.2) is 35.9 Å². The molecule has 0 unspecified atom stereocenters. The lowest BCUT2D eigenvalue weighted by molar-refractivity contribution is -0.120. The Bertz CT molecular complexity index is 501.